The van der Waals surface area contributed by atoms with Crippen LogP contribution in [-0.2, 0) is 22.4 Å². The zero-order valence-corrected chi connectivity index (χ0v) is 29.7. The Hall–Kier alpha value is -5.25. The van der Waals surface area contributed by atoms with Crippen molar-refractivity contribution < 1.29 is 19.3 Å². The average molecular weight is 708 g/mol. The van der Waals surface area contributed by atoms with Crippen LogP contribution in [-0.4, -0.2) is 27.9 Å². The zero-order chi connectivity index (χ0) is 36.0. The number of nitrogens with one attached hydrogen (secondary N) is 3. The predicted octanol–water partition coefficient (Wildman–Crippen LogP) is 8.21. The molecule has 0 saturated heterocycles. The number of carbonyl (C=O) groups excluding carboxylic acids is 3. The van der Waals surface area contributed by atoms with Crippen LogP contribution in [0, 0.1) is 32.8 Å². The molecule has 0 saturated carbocycles. The number of rotatable bonds is 10. The Bertz CT molecular complexity index is 1990. The lowest BCUT2D eigenvalue weighted by molar-refractivity contribution is -0.384. The second-order valence-electron chi connectivity index (χ2n) is 13.1. The summed E-state index contributed by atoms with van der Waals surface area (Å²) in [5, 5.41) is 29.6. The van der Waals surface area contributed by atoms with Crippen LogP contribution >= 0.6 is 23.1 Å². The fourth-order valence-corrected chi connectivity index (χ4v) is 7.86. The van der Waals surface area contributed by atoms with Crippen LogP contribution in [0.5, 0.6) is 0 Å². The van der Waals surface area contributed by atoms with Gasteiger partial charge in [-0.05, 0) is 97.2 Å². The topological polar surface area (TPSA) is 154 Å². The molecular formula is C38H37N5O5S2. The van der Waals surface area contributed by atoms with Crippen LogP contribution in [0.15, 0.2) is 89.5 Å². The summed E-state index contributed by atoms with van der Waals surface area (Å²) in [7, 11) is 0. The van der Waals surface area contributed by atoms with Crippen LogP contribution in [0.25, 0.3) is 6.08 Å². The van der Waals surface area contributed by atoms with Gasteiger partial charge in [0, 0.05) is 33.2 Å². The summed E-state index contributed by atoms with van der Waals surface area (Å²) in [5.41, 5.74) is 2.86. The van der Waals surface area contributed by atoms with Gasteiger partial charge in [0.15, 0.2) is 0 Å². The SMILES string of the molecule is CC(Sc1cccc(NC(=O)/C(=C\c2ccc([N+](=O)[O-])cc2)NC(=O)c2ccccc2)c1)C(=O)Nc1sc2c(c1C#N)CCC(C(C)(C)C)C2. The molecule has 3 amide bonds. The van der Waals surface area contributed by atoms with Crippen LogP contribution in [0.3, 0.4) is 0 Å². The molecule has 3 aromatic carbocycles. The maximum atomic E-state index is 13.5. The van der Waals surface area contributed by atoms with E-state index in [4.69, 9.17) is 0 Å². The molecule has 2 unspecified atom stereocenters. The Morgan fingerprint density at radius 2 is 1.76 bits per heavy atom. The number of non-ortho nitro benzene ring substituents is 1. The standard InChI is InChI=1S/C38H37N5O5S2/c1-23(34(44)42-37-31(22-39)30-18-15-26(38(2,3)4)20-33(30)50-37)49-29-12-8-11-27(21-29)40-36(46)32(41-35(45)25-9-6-5-7-10-25)19-24-13-16-28(17-14-24)43(47)48/h5-14,16-17,19,21,23,26H,15,18,20H2,1-4H3,(H,40,46)(H,41,45)(H,42,44)/b32-19+. The molecular weight excluding hydrogens is 671 g/mol. The third-order valence-corrected chi connectivity index (χ3v) is 10.8. The third-order valence-electron chi connectivity index (χ3n) is 8.56. The number of carbonyl (C=O) groups is 3. The molecule has 0 bridgehead atoms. The lowest BCUT2D eigenvalue weighted by Gasteiger charge is -2.33. The second kappa shape index (κ2) is 15.5. The van der Waals surface area contributed by atoms with Gasteiger partial charge in [-0.3, -0.25) is 24.5 Å². The highest BCUT2D eigenvalue weighted by Gasteiger charge is 2.32. The number of fused-ring (bicyclic) bond motifs is 1. The summed E-state index contributed by atoms with van der Waals surface area (Å²) < 4.78 is 0. The number of anilines is 2. The summed E-state index contributed by atoms with van der Waals surface area (Å²) in [6.07, 6.45) is 4.18. The van der Waals surface area contributed by atoms with E-state index >= 15 is 0 Å². The number of nitrogens with zero attached hydrogens (tertiary/aromatic N) is 2. The minimum absolute atomic E-state index is 0.0701. The van der Waals surface area contributed by atoms with E-state index in [-0.39, 0.29) is 22.7 Å². The predicted molar refractivity (Wildman–Crippen MR) is 198 cm³/mol. The minimum atomic E-state index is -0.611. The molecule has 12 heteroatoms. The number of benzene rings is 3. The van der Waals surface area contributed by atoms with Gasteiger partial charge in [-0.1, -0.05) is 45.0 Å². The molecule has 1 heterocycles. The van der Waals surface area contributed by atoms with Crippen molar-refractivity contribution in [2.45, 2.75) is 57.1 Å². The highest BCUT2D eigenvalue weighted by Crippen LogP contribution is 2.44. The van der Waals surface area contributed by atoms with E-state index < -0.39 is 22.0 Å². The fourth-order valence-electron chi connectivity index (χ4n) is 5.65. The number of nitro benzene ring substituents is 1. The van der Waals surface area contributed by atoms with Gasteiger partial charge in [0.2, 0.25) is 5.91 Å². The molecule has 3 N–H and O–H groups in total. The fraction of sp³-hybridized carbons (Fsp3) is 0.263. The van der Waals surface area contributed by atoms with Crippen LogP contribution in [0.1, 0.15) is 66.0 Å². The van der Waals surface area contributed by atoms with Crippen molar-refractivity contribution >= 4 is 63.3 Å². The summed E-state index contributed by atoms with van der Waals surface area (Å²) in [6.45, 7) is 8.51. The number of nitriles is 1. The van der Waals surface area contributed by atoms with Gasteiger partial charge in [0.05, 0.1) is 15.7 Å². The Balaban J connectivity index is 1.28. The molecule has 4 aromatic rings. The van der Waals surface area contributed by atoms with Crippen LogP contribution < -0.4 is 16.0 Å². The Kier molecular flexibility index (Phi) is 11.2. The zero-order valence-electron chi connectivity index (χ0n) is 28.1. The first-order chi connectivity index (χ1) is 23.8. The molecule has 10 nitrogen and oxygen atoms in total. The van der Waals surface area contributed by atoms with E-state index in [2.05, 4.69) is 42.8 Å². The van der Waals surface area contributed by atoms with Crippen molar-refractivity contribution in [3.05, 3.63) is 122 Å². The quantitative estimate of drug-likeness (QED) is 0.0650. The highest BCUT2D eigenvalue weighted by molar-refractivity contribution is 8.00. The summed E-state index contributed by atoms with van der Waals surface area (Å²) in [6, 6.07) is 23.3. The number of hydrogen-bond donors (Lipinski definition) is 3. The van der Waals surface area contributed by atoms with Crippen molar-refractivity contribution in [3.8, 4) is 6.07 Å². The molecule has 5 rings (SSSR count). The largest absolute Gasteiger partial charge is 0.321 e. The Morgan fingerprint density at radius 1 is 1.04 bits per heavy atom. The summed E-state index contributed by atoms with van der Waals surface area (Å²) in [5.74, 6) is -0.831. The van der Waals surface area contributed by atoms with Gasteiger partial charge in [-0.25, -0.2) is 0 Å². The molecule has 0 spiro atoms. The molecule has 1 aliphatic rings. The second-order valence-corrected chi connectivity index (χ2v) is 15.6. The third kappa shape index (κ3) is 8.85. The molecule has 1 aliphatic carbocycles. The van der Waals surface area contributed by atoms with Gasteiger partial charge in [-0.15, -0.1) is 23.1 Å². The lowest BCUT2D eigenvalue weighted by Crippen LogP contribution is -2.30. The first kappa shape index (κ1) is 36.0. The lowest BCUT2D eigenvalue weighted by atomic mass is 9.72. The number of thiophene rings is 1. The van der Waals surface area contributed by atoms with Crippen LogP contribution in [0.4, 0.5) is 16.4 Å². The molecule has 1 aromatic heterocycles. The maximum absolute atomic E-state index is 13.5. The van der Waals surface area contributed by atoms with Crippen molar-refractivity contribution in [1.82, 2.24) is 5.32 Å². The Morgan fingerprint density at radius 3 is 2.42 bits per heavy atom. The molecule has 256 valence electrons. The van der Waals surface area contributed by atoms with E-state index in [1.165, 1.54) is 58.3 Å². The van der Waals surface area contributed by atoms with E-state index in [0.717, 1.165) is 29.7 Å². The number of amides is 3. The van der Waals surface area contributed by atoms with Crippen molar-refractivity contribution in [2.75, 3.05) is 10.6 Å². The van der Waals surface area contributed by atoms with E-state index in [0.29, 0.717) is 33.3 Å². The molecule has 0 fully saturated rings. The smallest absolute Gasteiger partial charge is 0.272 e. The molecule has 2 atom stereocenters. The van der Waals surface area contributed by atoms with Gasteiger partial charge in [0.25, 0.3) is 17.5 Å². The summed E-state index contributed by atoms with van der Waals surface area (Å²) in [4.78, 5) is 52.3. The van der Waals surface area contributed by atoms with Crippen molar-refractivity contribution in [1.29, 1.82) is 5.26 Å². The number of thioether (sulfide) groups is 1. The minimum Gasteiger partial charge on any atom is -0.321 e. The summed E-state index contributed by atoms with van der Waals surface area (Å²) >= 11 is 2.80. The van der Waals surface area contributed by atoms with Crippen molar-refractivity contribution in [2.24, 2.45) is 11.3 Å². The average Bonchev–Trinajstić information content (AvgIpc) is 3.44. The number of nitro groups is 1. The normalized spacial score (nSPS) is 14.9. The van der Waals surface area contributed by atoms with Crippen molar-refractivity contribution in [3.63, 3.8) is 0 Å². The van der Waals surface area contributed by atoms with Gasteiger partial charge in [-0.2, -0.15) is 5.26 Å². The molecule has 0 radical (unpaired) electrons. The first-order valence-corrected chi connectivity index (χ1v) is 17.8. The maximum Gasteiger partial charge on any atom is 0.272 e. The monoisotopic (exact) mass is 707 g/mol. The molecule has 50 heavy (non-hydrogen) atoms. The van der Waals surface area contributed by atoms with Gasteiger partial charge < -0.3 is 16.0 Å². The number of hydrogen-bond acceptors (Lipinski definition) is 8. The molecule has 0 aliphatic heterocycles. The van der Waals surface area contributed by atoms with Gasteiger partial charge in [0.1, 0.15) is 16.8 Å². The van der Waals surface area contributed by atoms with Gasteiger partial charge >= 0.3 is 0 Å². The van der Waals surface area contributed by atoms with E-state index in [9.17, 15) is 29.8 Å². The first-order valence-electron chi connectivity index (χ1n) is 16.1. The van der Waals surface area contributed by atoms with E-state index in [1.807, 2.05) is 6.07 Å². The van der Waals surface area contributed by atoms with Crippen LogP contribution in [0.2, 0.25) is 0 Å². The van der Waals surface area contributed by atoms with E-state index in [1.54, 1.807) is 55.5 Å². The Labute approximate surface area is 299 Å². The highest BCUT2D eigenvalue weighted by atomic mass is 32.2.